The van der Waals surface area contributed by atoms with Crippen LogP contribution < -0.4 is 5.73 Å². The fourth-order valence-corrected chi connectivity index (χ4v) is 1.30. The number of nitrogens with two attached hydrogens (primary N) is 1. The maximum Gasteiger partial charge on any atom is 0.0662 e. The lowest BCUT2D eigenvalue weighted by Gasteiger charge is -2.06. The van der Waals surface area contributed by atoms with Crippen molar-refractivity contribution in [1.29, 1.82) is 0 Å². The monoisotopic (exact) mass is 211 g/mol. The van der Waals surface area contributed by atoms with Crippen molar-refractivity contribution in [2.75, 3.05) is 19.8 Å². The molecule has 15 heavy (non-hydrogen) atoms. The van der Waals surface area contributed by atoms with Crippen molar-refractivity contribution in [1.82, 2.24) is 9.78 Å². The molecule has 0 spiro atoms. The van der Waals surface area contributed by atoms with Crippen molar-refractivity contribution < 1.29 is 4.74 Å². The number of hydrogen-bond donors (Lipinski definition) is 1. The summed E-state index contributed by atoms with van der Waals surface area (Å²) in [6.07, 6.45) is 4.80. The molecule has 1 aromatic heterocycles. The van der Waals surface area contributed by atoms with Crippen LogP contribution in [0.3, 0.4) is 0 Å². The maximum atomic E-state index is 5.48. The van der Waals surface area contributed by atoms with Gasteiger partial charge >= 0.3 is 0 Å². The number of ether oxygens (including phenoxy) is 1. The third-order valence-corrected chi connectivity index (χ3v) is 2.04. The van der Waals surface area contributed by atoms with Crippen LogP contribution in [0.5, 0.6) is 0 Å². The van der Waals surface area contributed by atoms with Gasteiger partial charge in [0.2, 0.25) is 0 Å². The molecule has 0 aliphatic carbocycles. The second-order valence-corrected chi connectivity index (χ2v) is 4.12. The molecule has 0 aromatic carbocycles. The van der Waals surface area contributed by atoms with E-state index in [9.17, 15) is 0 Å². The van der Waals surface area contributed by atoms with Gasteiger partial charge in [-0.15, -0.1) is 0 Å². The highest BCUT2D eigenvalue weighted by Gasteiger charge is 1.98. The summed E-state index contributed by atoms with van der Waals surface area (Å²) in [5.74, 6) is 0.593. The van der Waals surface area contributed by atoms with E-state index in [1.807, 2.05) is 17.1 Å². The normalized spacial score (nSPS) is 11.2. The molecule has 1 aromatic rings. The average Bonchev–Trinajstić information content (AvgIpc) is 2.61. The van der Waals surface area contributed by atoms with E-state index in [4.69, 9.17) is 10.5 Å². The standard InChI is InChI=1S/C11H21N3O/c1-10(2)9-15-6-5-14-8-11(3-4-12)7-13-14/h7-8,10H,3-6,9,12H2,1-2H3. The van der Waals surface area contributed by atoms with Gasteiger partial charge in [-0.3, -0.25) is 4.68 Å². The Balaban J connectivity index is 2.19. The lowest BCUT2D eigenvalue weighted by atomic mass is 10.2. The van der Waals surface area contributed by atoms with Crippen molar-refractivity contribution in [3.05, 3.63) is 18.0 Å². The number of hydrogen-bond acceptors (Lipinski definition) is 3. The van der Waals surface area contributed by atoms with E-state index >= 15 is 0 Å². The highest BCUT2D eigenvalue weighted by molar-refractivity contribution is 5.03. The van der Waals surface area contributed by atoms with Gasteiger partial charge in [0.15, 0.2) is 0 Å². The van der Waals surface area contributed by atoms with Crippen LogP contribution in [-0.4, -0.2) is 29.5 Å². The van der Waals surface area contributed by atoms with Gasteiger partial charge < -0.3 is 10.5 Å². The van der Waals surface area contributed by atoms with Crippen molar-refractivity contribution in [3.8, 4) is 0 Å². The Morgan fingerprint density at radius 1 is 1.53 bits per heavy atom. The number of nitrogens with zero attached hydrogens (tertiary/aromatic N) is 2. The Kier molecular flexibility index (Phi) is 5.36. The van der Waals surface area contributed by atoms with Crippen LogP contribution in [0.25, 0.3) is 0 Å². The third kappa shape index (κ3) is 4.95. The summed E-state index contributed by atoms with van der Waals surface area (Å²) in [6, 6.07) is 0. The fraction of sp³-hybridized carbons (Fsp3) is 0.727. The summed E-state index contributed by atoms with van der Waals surface area (Å²) in [5, 5.41) is 4.23. The maximum absolute atomic E-state index is 5.48. The third-order valence-electron chi connectivity index (χ3n) is 2.04. The van der Waals surface area contributed by atoms with E-state index in [1.165, 1.54) is 5.56 Å². The van der Waals surface area contributed by atoms with Crippen LogP contribution in [0, 0.1) is 5.92 Å². The molecule has 0 radical (unpaired) electrons. The van der Waals surface area contributed by atoms with Crippen molar-refractivity contribution in [2.24, 2.45) is 11.7 Å². The molecule has 0 saturated heterocycles. The van der Waals surface area contributed by atoms with Crippen LogP contribution >= 0.6 is 0 Å². The van der Waals surface area contributed by atoms with Crippen LogP contribution in [0.4, 0.5) is 0 Å². The van der Waals surface area contributed by atoms with Crippen LogP contribution in [0.2, 0.25) is 0 Å². The predicted molar refractivity (Wildman–Crippen MR) is 60.6 cm³/mol. The molecule has 0 amide bonds. The topological polar surface area (TPSA) is 53.1 Å². The molecule has 2 N–H and O–H groups in total. The largest absolute Gasteiger partial charge is 0.379 e. The lowest BCUT2D eigenvalue weighted by Crippen LogP contribution is -2.09. The van der Waals surface area contributed by atoms with Gasteiger partial charge in [-0.05, 0) is 24.4 Å². The zero-order valence-corrected chi connectivity index (χ0v) is 9.65. The highest BCUT2D eigenvalue weighted by atomic mass is 16.5. The quantitative estimate of drug-likeness (QED) is 0.686. The summed E-state index contributed by atoms with van der Waals surface area (Å²) >= 11 is 0. The summed E-state index contributed by atoms with van der Waals surface area (Å²) in [7, 11) is 0. The van der Waals surface area contributed by atoms with Gasteiger partial charge in [-0.1, -0.05) is 13.8 Å². The minimum Gasteiger partial charge on any atom is -0.379 e. The van der Waals surface area contributed by atoms with Gasteiger partial charge in [0.05, 0.1) is 19.3 Å². The molecule has 1 heterocycles. The number of rotatable bonds is 7. The first-order chi connectivity index (χ1) is 7.22. The van der Waals surface area contributed by atoms with Gasteiger partial charge in [-0.25, -0.2) is 0 Å². The Hall–Kier alpha value is -0.870. The van der Waals surface area contributed by atoms with E-state index in [0.717, 1.165) is 26.2 Å². The number of aromatic nitrogens is 2. The Morgan fingerprint density at radius 2 is 2.33 bits per heavy atom. The molecule has 0 saturated carbocycles. The Labute approximate surface area is 91.4 Å². The zero-order chi connectivity index (χ0) is 11.1. The van der Waals surface area contributed by atoms with Crippen LogP contribution in [0.1, 0.15) is 19.4 Å². The molecular formula is C11H21N3O. The molecule has 0 aliphatic heterocycles. The molecule has 1 rings (SSSR count). The molecule has 0 aliphatic rings. The zero-order valence-electron chi connectivity index (χ0n) is 9.65. The predicted octanol–water partition coefficient (Wildman–Crippen LogP) is 1.06. The molecule has 86 valence electrons. The first-order valence-electron chi connectivity index (χ1n) is 5.51. The summed E-state index contributed by atoms with van der Waals surface area (Å²) < 4.78 is 7.39. The van der Waals surface area contributed by atoms with E-state index in [-0.39, 0.29) is 0 Å². The minimum absolute atomic E-state index is 0.593. The first kappa shape index (κ1) is 12.2. The first-order valence-corrected chi connectivity index (χ1v) is 5.51. The van der Waals surface area contributed by atoms with Gasteiger partial charge in [0.25, 0.3) is 0 Å². The molecule has 0 atom stereocenters. The van der Waals surface area contributed by atoms with Crippen molar-refractivity contribution >= 4 is 0 Å². The summed E-state index contributed by atoms with van der Waals surface area (Å²) in [6.45, 7) is 7.33. The van der Waals surface area contributed by atoms with Crippen molar-refractivity contribution in [3.63, 3.8) is 0 Å². The smallest absolute Gasteiger partial charge is 0.0662 e. The van der Waals surface area contributed by atoms with Gasteiger partial charge in [-0.2, -0.15) is 5.10 Å². The van der Waals surface area contributed by atoms with E-state index < -0.39 is 0 Å². The second-order valence-electron chi connectivity index (χ2n) is 4.12. The lowest BCUT2D eigenvalue weighted by molar-refractivity contribution is 0.101. The SMILES string of the molecule is CC(C)COCCn1cc(CCN)cn1. The fourth-order valence-electron chi connectivity index (χ4n) is 1.30. The highest BCUT2D eigenvalue weighted by Crippen LogP contribution is 1.98. The summed E-state index contributed by atoms with van der Waals surface area (Å²) in [4.78, 5) is 0. The minimum atomic E-state index is 0.593. The van der Waals surface area contributed by atoms with E-state index in [0.29, 0.717) is 12.5 Å². The van der Waals surface area contributed by atoms with Crippen molar-refractivity contribution in [2.45, 2.75) is 26.8 Å². The molecule has 4 nitrogen and oxygen atoms in total. The Bertz CT molecular complexity index is 271. The molecule has 0 fully saturated rings. The molecule has 0 bridgehead atoms. The van der Waals surface area contributed by atoms with E-state index in [2.05, 4.69) is 18.9 Å². The van der Waals surface area contributed by atoms with Crippen LogP contribution in [-0.2, 0) is 17.7 Å². The van der Waals surface area contributed by atoms with Gasteiger partial charge in [0, 0.05) is 12.8 Å². The second kappa shape index (κ2) is 6.58. The Morgan fingerprint density at radius 3 is 3.00 bits per heavy atom. The molecule has 4 heteroatoms. The average molecular weight is 211 g/mol. The molecule has 0 unspecified atom stereocenters. The van der Waals surface area contributed by atoms with Crippen LogP contribution in [0.15, 0.2) is 12.4 Å². The van der Waals surface area contributed by atoms with Gasteiger partial charge in [0.1, 0.15) is 0 Å². The molecular weight excluding hydrogens is 190 g/mol. The summed E-state index contributed by atoms with van der Waals surface area (Å²) in [5.41, 5.74) is 6.66. The van der Waals surface area contributed by atoms with E-state index in [1.54, 1.807) is 0 Å².